The van der Waals surface area contributed by atoms with Crippen LogP contribution in [0.15, 0.2) is 70.0 Å². The maximum Gasteiger partial charge on any atom is 0.274 e. The topological polar surface area (TPSA) is 63.8 Å². The van der Waals surface area contributed by atoms with Gasteiger partial charge in [-0.05, 0) is 36.8 Å². The van der Waals surface area contributed by atoms with Crippen molar-refractivity contribution in [3.05, 3.63) is 85.1 Å². The summed E-state index contributed by atoms with van der Waals surface area (Å²) in [4.78, 5) is 17.8. The zero-order valence-corrected chi connectivity index (χ0v) is 17.4. The van der Waals surface area contributed by atoms with Gasteiger partial charge in [0, 0.05) is 16.8 Å². The van der Waals surface area contributed by atoms with E-state index in [1.807, 2.05) is 12.1 Å². The lowest BCUT2D eigenvalue weighted by Gasteiger charge is -2.03. The van der Waals surface area contributed by atoms with E-state index in [4.69, 9.17) is 27.9 Å². The van der Waals surface area contributed by atoms with Gasteiger partial charge in [0.05, 0.1) is 22.4 Å². The first-order valence-electron chi connectivity index (χ1n) is 8.10. The summed E-state index contributed by atoms with van der Waals surface area (Å²) in [6.07, 6.45) is 4.92. The lowest BCUT2D eigenvalue weighted by Crippen LogP contribution is -2.22. The Hall–Kier alpha value is -2.54. The summed E-state index contributed by atoms with van der Waals surface area (Å²) < 4.78 is 6.86. The van der Waals surface area contributed by atoms with Crippen molar-refractivity contribution in [1.29, 1.82) is 0 Å². The van der Waals surface area contributed by atoms with Crippen LogP contribution in [-0.4, -0.2) is 21.6 Å². The van der Waals surface area contributed by atoms with Gasteiger partial charge in [-0.15, -0.1) is 0 Å². The van der Waals surface area contributed by atoms with Crippen LogP contribution in [0.3, 0.4) is 0 Å². The van der Waals surface area contributed by atoms with Gasteiger partial charge in [0.2, 0.25) is 0 Å². The number of methoxy groups -OCH3 is 1. The van der Waals surface area contributed by atoms with Crippen molar-refractivity contribution in [3.8, 4) is 11.3 Å². The quantitative estimate of drug-likeness (QED) is 0.467. The van der Waals surface area contributed by atoms with Crippen molar-refractivity contribution in [2.75, 3.05) is 7.11 Å². The van der Waals surface area contributed by atoms with Gasteiger partial charge in [-0.1, -0.05) is 53.3 Å². The molecule has 2 aromatic heterocycles. The van der Waals surface area contributed by atoms with E-state index in [0.717, 1.165) is 5.56 Å². The fraction of sp³-hybridized carbons (Fsp3) is 0.100. The molecule has 0 radical (unpaired) electrons. The van der Waals surface area contributed by atoms with Crippen molar-refractivity contribution in [1.82, 2.24) is 9.38 Å². The minimum Gasteiger partial charge on any atom is -0.503 e. The third-order valence-electron chi connectivity index (χ3n) is 3.89. The van der Waals surface area contributed by atoms with Crippen LogP contribution in [0, 0.1) is 0 Å². The van der Waals surface area contributed by atoms with Gasteiger partial charge in [-0.2, -0.15) is 0 Å². The Morgan fingerprint density at radius 3 is 2.64 bits per heavy atom. The third-order valence-corrected chi connectivity index (χ3v) is 5.42. The molecule has 0 fully saturated rings. The normalized spacial score (nSPS) is 13.7. The van der Waals surface area contributed by atoms with Gasteiger partial charge < -0.3 is 9.84 Å². The number of thiazole rings is 1. The van der Waals surface area contributed by atoms with E-state index < -0.39 is 0 Å². The van der Waals surface area contributed by atoms with Crippen LogP contribution in [0.2, 0.25) is 5.02 Å². The molecule has 0 saturated carbocycles. The molecule has 8 heteroatoms. The molecule has 2 heterocycles. The van der Waals surface area contributed by atoms with Gasteiger partial charge in [-0.25, -0.2) is 4.98 Å². The molecule has 0 aliphatic heterocycles. The molecule has 0 saturated heterocycles. The molecule has 1 aromatic carbocycles. The lowest BCUT2D eigenvalue weighted by molar-refractivity contribution is 0.257. The predicted octanol–water partition coefficient (Wildman–Crippen LogP) is 4.69. The van der Waals surface area contributed by atoms with Crippen LogP contribution >= 0.6 is 34.5 Å². The summed E-state index contributed by atoms with van der Waals surface area (Å²) in [6.45, 7) is 5.31. The van der Waals surface area contributed by atoms with Crippen molar-refractivity contribution >= 4 is 45.6 Å². The molecular weight excluding hydrogens is 419 g/mol. The number of aromatic nitrogens is 2. The molecule has 3 aromatic rings. The highest BCUT2D eigenvalue weighted by molar-refractivity contribution is 7.15. The Balaban J connectivity index is 1.98. The fourth-order valence-corrected chi connectivity index (χ4v) is 3.85. The number of halogens is 2. The summed E-state index contributed by atoms with van der Waals surface area (Å²) in [5.41, 5.74) is 2.09. The number of benzene rings is 1. The zero-order chi connectivity index (χ0) is 20.4. The number of rotatable bonds is 5. The highest BCUT2D eigenvalue weighted by Crippen LogP contribution is 2.21. The first-order valence-corrected chi connectivity index (χ1v) is 9.67. The van der Waals surface area contributed by atoms with Gasteiger partial charge >= 0.3 is 0 Å². The van der Waals surface area contributed by atoms with Crippen LogP contribution in [0.5, 0.6) is 0 Å². The maximum atomic E-state index is 12.7. The number of allylic oxidation sites excluding steroid dienone is 3. The smallest absolute Gasteiger partial charge is 0.274 e. The second-order valence-corrected chi connectivity index (χ2v) is 7.77. The highest BCUT2D eigenvalue weighted by atomic mass is 35.5. The van der Waals surface area contributed by atoms with Crippen LogP contribution in [0.1, 0.15) is 6.92 Å². The Bertz CT molecular complexity index is 1220. The maximum absolute atomic E-state index is 12.7. The predicted molar refractivity (Wildman–Crippen MR) is 115 cm³/mol. The molecular formula is C20H16Cl2N2O3S. The lowest BCUT2D eigenvalue weighted by atomic mass is 10.2. The summed E-state index contributed by atoms with van der Waals surface area (Å²) in [5, 5.41) is 10.6. The summed E-state index contributed by atoms with van der Waals surface area (Å²) in [7, 11) is 1.38. The van der Waals surface area contributed by atoms with E-state index in [1.54, 1.807) is 31.3 Å². The molecule has 0 bridgehead atoms. The fourth-order valence-electron chi connectivity index (χ4n) is 2.44. The number of imidazole rings is 1. The Morgan fingerprint density at radius 1 is 1.36 bits per heavy atom. The zero-order valence-electron chi connectivity index (χ0n) is 15.1. The number of aliphatic hydroxyl groups is 1. The number of hydrogen-bond donors (Lipinski definition) is 1. The number of aliphatic hydroxyl groups excluding tert-OH is 1. The molecule has 0 unspecified atom stereocenters. The summed E-state index contributed by atoms with van der Waals surface area (Å²) in [5.74, 6) is -0.198. The minimum absolute atomic E-state index is 0.0582. The van der Waals surface area contributed by atoms with E-state index >= 15 is 0 Å². The van der Waals surface area contributed by atoms with Crippen molar-refractivity contribution < 1.29 is 9.84 Å². The summed E-state index contributed by atoms with van der Waals surface area (Å²) in [6, 6.07) is 7.27. The van der Waals surface area contributed by atoms with E-state index in [-0.39, 0.29) is 22.1 Å². The van der Waals surface area contributed by atoms with Gasteiger partial charge in [0.15, 0.2) is 16.5 Å². The molecule has 1 N–H and O–H groups in total. The Morgan fingerprint density at radius 2 is 2.04 bits per heavy atom. The molecule has 144 valence electrons. The number of nitrogens with zero attached hydrogens (tertiary/aromatic N) is 2. The Labute approximate surface area is 175 Å². The van der Waals surface area contributed by atoms with Crippen LogP contribution in [-0.2, 0) is 4.74 Å². The molecule has 0 aliphatic carbocycles. The largest absolute Gasteiger partial charge is 0.503 e. The average molecular weight is 435 g/mol. The highest BCUT2D eigenvalue weighted by Gasteiger charge is 2.10. The van der Waals surface area contributed by atoms with Crippen LogP contribution < -0.4 is 10.1 Å². The third kappa shape index (κ3) is 4.14. The number of hydrogen-bond acceptors (Lipinski definition) is 5. The van der Waals surface area contributed by atoms with Gasteiger partial charge in [0.1, 0.15) is 0 Å². The molecule has 0 atom stereocenters. The van der Waals surface area contributed by atoms with Gasteiger partial charge in [0.25, 0.3) is 5.56 Å². The van der Waals surface area contributed by atoms with Crippen LogP contribution in [0.4, 0.5) is 0 Å². The second-order valence-electron chi connectivity index (χ2n) is 5.91. The molecule has 0 spiro atoms. The SMILES string of the molecule is C=C(OC)\C(O)=C(Cl)/C=C(C)/C=c1\sc2nc(-c3ccc(Cl)cc3)cn2c1=O. The molecule has 0 amide bonds. The van der Waals surface area contributed by atoms with Crippen molar-refractivity contribution in [3.63, 3.8) is 0 Å². The molecule has 0 aliphatic rings. The first-order chi connectivity index (χ1) is 13.3. The standard InChI is InChI=1S/C20H16Cl2N2O3S/c1-11(8-15(22)18(25)12(2)27-3)9-17-19(26)24-10-16(23-20(24)28-17)13-4-6-14(21)7-5-13/h4-10,25H,2H2,1,3H3/b11-8+,17-9-,18-15-. The number of fused-ring (bicyclic) bond motifs is 1. The second kappa shape index (κ2) is 8.22. The molecule has 3 rings (SSSR count). The first kappa shape index (κ1) is 20.2. The van der Waals surface area contributed by atoms with E-state index in [0.29, 0.717) is 25.8 Å². The van der Waals surface area contributed by atoms with E-state index in [2.05, 4.69) is 11.6 Å². The van der Waals surface area contributed by atoms with Crippen molar-refractivity contribution in [2.45, 2.75) is 6.92 Å². The monoisotopic (exact) mass is 434 g/mol. The summed E-state index contributed by atoms with van der Waals surface area (Å²) >= 11 is 13.2. The average Bonchev–Trinajstić information content (AvgIpc) is 3.20. The van der Waals surface area contributed by atoms with E-state index in [1.165, 1.54) is 28.9 Å². The minimum atomic E-state index is -0.257. The van der Waals surface area contributed by atoms with E-state index in [9.17, 15) is 9.90 Å². The number of ether oxygens (including phenoxy) is 1. The molecule has 28 heavy (non-hydrogen) atoms. The van der Waals surface area contributed by atoms with Gasteiger partial charge in [-0.3, -0.25) is 9.20 Å². The molecule has 5 nitrogen and oxygen atoms in total. The Kier molecular flexibility index (Phi) is 5.93. The van der Waals surface area contributed by atoms with Crippen molar-refractivity contribution in [2.24, 2.45) is 0 Å². The van der Waals surface area contributed by atoms with Crippen LogP contribution in [0.25, 0.3) is 22.3 Å².